The Morgan fingerprint density at radius 2 is 1.83 bits per heavy atom. The quantitative estimate of drug-likeness (QED) is 0.240. The first kappa shape index (κ1) is 33.3. The van der Waals surface area contributed by atoms with E-state index in [1.165, 1.54) is 13.0 Å². The fourth-order valence-electron chi connectivity index (χ4n) is 10.0. The van der Waals surface area contributed by atoms with Gasteiger partial charge in [0.1, 0.15) is 34.2 Å². The topological polar surface area (TPSA) is 136 Å². The van der Waals surface area contributed by atoms with E-state index in [0.29, 0.717) is 42.6 Å². The monoisotopic (exact) mass is 680 g/mol. The molecular weight excluding hydrogens is 636 g/mol. The van der Waals surface area contributed by atoms with Crippen molar-refractivity contribution in [3.8, 4) is 17.2 Å². The van der Waals surface area contributed by atoms with E-state index in [1.807, 2.05) is 48.5 Å². The number of rotatable bonds is 7. The van der Waals surface area contributed by atoms with Gasteiger partial charge in [0.15, 0.2) is 22.8 Å². The number of carboxylic acids is 1. The average Bonchev–Trinajstić information content (AvgIpc) is 3.11. The number of hydrogen-bond donors (Lipinski definition) is 2. The highest BCUT2D eigenvalue weighted by molar-refractivity contribution is 6.23. The van der Waals surface area contributed by atoms with E-state index in [-0.39, 0.29) is 70.4 Å². The molecule has 48 heavy (non-hydrogen) atoms. The molecule has 2 saturated carbocycles. The Hall–Kier alpha value is -3.17. The first-order valence-electron chi connectivity index (χ1n) is 17.1. The summed E-state index contributed by atoms with van der Waals surface area (Å²) in [6, 6.07) is 0. The summed E-state index contributed by atoms with van der Waals surface area (Å²) in [5.41, 5.74) is -3.64. The predicted octanol–water partition coefficient (Wildman–Crippen LogP) is 6.64. The number of aromatic hydroxyl groups is 1. The molecule has 2 N–H and O–H groups in total. The summed E-state index contributed by atoms with van der Waals surface area (Å²) in [7, 11) is 0. The van der Waals surface area contributed by atoms with Crippen LogP contribution < -0.4 is 9.47 Å². The van der Waals surface area contributed by atoms with E-state index in [2.05, 4.69) is 0 Å². The molecule has 8 rings (SSSR count). The molecule has 7 aliphatic rings. The number of halogens is 1. The number of benzene rings is 1. The molecular formula is C38H45ClO9. The Balaban J connectivity index is 1.51. The van der Waals surface area contributed by atoms with E-state index in [9.17, 15) is 24.6 Å². The summed E-state index contributed by atoms with van der Waals surface area (Å²) >= 11 is 6.75. The van der Waals surface area contributed by atoms with Crippen LogP contribution in [0.5, 0.6) is 17.2 Å². The van der Waals surface area contributed by atoms with Crippen LogP contribution >= 0.6 is 11.6 Å². The normalized spacial score (nSPS) is 35.8. The zero-order valence-corrected chi connectivity index (χ0v) is 29.7. The van der Waals surface area contributed by atoms with Crippen LogP contribution in [-0.4, -0.2) is 60.8 Å². The van der Waals surface area contributed by atoms with Gasteiger partial charge in [-0.25, -0.2) is 4.79 Å². The SMILES string of the molecule is C/C(=C/C[C@@]12OC(C)(C)[C@H]3C[C@@H](C=C4C(=O)c5c(O)c6c(c(CCC(C)(C)Cl)c5O[C@]431)O[C@]1(C)CC(=O)C(C(C)C)C6C1)C2=O)C(=O)O. The first-order valence-corrected chi connectivity index (χ1v) is 17.5. The molecule has 258 valence electrons. The van der Waals surface area contributed by atoms with E-state index in [0.717, 1.165) is 0 Å². The third-order valence-corrected chi connectivity index (χ3v) is 12.2. The van der Waals surface area contributed by atoms with Crippen molar-refractivity contribution in [2.45, 2.75) is 127 Å². The number of ether oxygens (including phenoxy) is 3. The van der Waals surface area contributed by atoms with E-state index >= 15 is 4.79 Å². The molecule has 1 spiro atoms. The van der Waals surface area contributed by atoms with Crippen molar-refractivity contribution in [2.24, 2.45) is 23.7 Å². The number of ketones is 3. The van der Waals surface area contributed by atoms with Crippen LogP contribution in [0.2, 0.25) is 0 Å². The van der Waals surface area contributed by atoms with Gasteiger partial charge in [0, 0.05) is 63.7 Å². The number of aliphatic carboxylic acids is 1. The molecule has 1 saturated heterocycles. The summed E-state index contributed by atoms with van der Waals surface area (Å²) < 4.78 is 20.7. The van der Waals surface area contributed by atoms with Crippen LogP contribution in [0.15, 0.2) is 23.3 Å². The molecule has 2 unspecified atom stereocenters. The molecule has 1 aromatic carbocycles. The number of allylic oxidation sites excluding steroid dienone is 1. The first-order chi connectivity index (χ1) is 22.2. The standard InChI is InChI=1S/C38H45ClO9/c1-17(2)25-21-15-36(8,16-23(25)40)46-30-20(10-11-34(4,5)39)31-27(29(42)26(21)30)28(41)22-13-19-14-24-35(6,7)48-37(32(19)43,38(22,24)47-31)12-9-18(3)33(44)45/h9,13,17,19,21,24-25,42H,10-12,14-16H2,1-8H3,(H,44,45)/b18-9-/t19-,21?,24-,25?,36+,37+,38-/m1/s1. The molecule has 0 radical (unpaired) electrons. The zero-order chi connectivity index (χ0) is 35.1. The van der Waals surface area contributed by atoms with Gasteiger partial charge in [0.25, 0.3) is 0 Å². The summed E-state index contributed by atoms with van der Waals surface area (Å²) in [6.07, 6.45) is 5.00. The van der Waals surface area contributed by atoms with Crippen molar-refractivity contribution in [1.29, 1.82) is 0 Å². The van der Waals surface area contributed by atoms with Crippen molar-refractivity contribution in [3.63, 3.8) is 0 Å². The number of alkyl halides is 1. The van der Waals surface area contributed by atoms with Crippen molar-refractivity contribution in [2.75, 3.05) is 0 Å². The van der Waals surface area contributed by atoms with Gasteiger partial charge in [-0.3, -0.25) is 14.4 Å². The van der Waals surface area contributed by atoms with E-state index in [4.69, 9.17) is 25.8 Å². The summed E-state index contributed by atoms with van der Waals surface area (Å²) in [4.78, 5) is 54.2. The second-order valence-corrected chi connectivity index (χ2v) is 17.7. The Labute approximate surface area is 286 Å². The lowest BCUT2D eigenvalue weighted by Crippen LogP contribution is -2.72. The van der Waals surface area contributed by atoms with E-state index < -0.39 is 50.9 Å². The number of carbonyl (C=O) groups excluding carboxylic acids is 3. The highest BCUT2D eigenvalue weighted by atomic mass is 35.5. The minimum Gasteiger partial charge on any atom is -0.507 e. The van der Waals surface area contributed by atoms with Crippen LogP contribution in [0.3, 0.4) is 0 Å². The van der Waals surface area contributed by atoms with Gasteiger partial charge in [-0.15, -0.1) is 11.6 Å². The van der Waals surface area contributed by atoms with Crippen molar-refractivity contribution in [3.05, 3.63) is 40.0 Å². The summed E-state index contributed by atoms with van der Waals surface area (Å²) in [5, 5.41) is 21.9. The number of fused-ring (bicyclic) bond motifs is 5. The number of phenols is 1. The molecule has 3 heterocycles. The lowest BCUT2D eigenvalue weighted by Gasteiger charge is -2.56. The van der Waals surface area contributed by atoms with Gasteiger partial charge >= 0.3 is 5.97 Å². The van der Waals surface area contributed by atoms with Gasteiger partial charge in [0.05, 0.1) is 5.60 Å². The molecule has 6 bridgehead atoms. The number of Topliss-reactive ketones (excluding diaryl/α,β-unsaturated/α-hetero) is 3. The number of carboxylic acid groups (broad SMARTS) is 1. The fraction of sp³-hybridized carbons (Fsp3) is 0.632. The van der Waals surface area contributed by atoms with Crippen LogP contribution in [0.25, 0.3) is 0 Å². The highest BCUT2D eigenvalue weighted by Crippen LogP contribution is 2.69. The predicted molar refractivity (Wildman–Crippen MR) is 177 cm³/mol. The van der Waals surface area contributed by atoms with Crippen molar-refractivity contribution >= 4 is 34.9 Å². The minimum absolute atomic E-state index is 0.00495. The maximum absolute atomic E-state index is 15.0. The second kappa shape index (κ2) is 10.2. The molecule has 0 amide bonds. The van der Waals surface area contributed by atoms with Gasteiger partial charge < -0.3 is 24.4 Å². The largest absolute Gasteiger partial charge is 0.507 e. The Morgan fingerprint density at radius 3 is 2.46 bits per heavy atom. The lowest BCUT2D eigenvalue weighted by atomic mass is 9.51. The zero-order valence-electron chi connectivity index (χ0n) is 28.9. The molecule has 7 atom stereocenters. The molecule has 10 heteroatoms. The Kier molecular flexibility index (Phi) is 7.08. The third-order valence-electron chi connectivity index (χ3n) is 12.1. The molecule has 3 fully saturated rings. The minimum atomic E-state index is -1.68. The van der Waals surface area contributed by atoms with E-state index in [1.54, 1.807) is 6.08 Å². The van der Waals surface area contributed by atoms with Crippen molar-refractivity contribution in [1.82, 2.24) is 0 Å². The molecule has 3 aliphatic heterocycles. The second-order valence-electron chi connectivity index (χ2n) is 16.7. The smallest absolute Gasteiger partial charge is 0.330 e. The average molecular weight is 681 g/mol. The highest BCUT2D eigenvalue weighted by Gasteiger charge is 2.81. The number of carbonyl (C=O) groups is 4. The van der Waals surface area contributed by atoms with Gasteiger partial charge in [-0.2, -0.15) is 0 Å². The lowest BCUT2D eigenvalue weighted by molar-refractivity contribution is -0.171. The van der Waals surface area contributed by atoms with Crippen LogP contribution in [0, 0.1) is 23.7 Å². The van der Waals surface area contributed by atoms with Crippen LogP contribution in [0.1, 0.15) is 115 Å². The summed E-state index contributed by atoms with van der Waals surface area (Å²) in [5.74, 6) is -3.25. The Bertz CT molecular complexity index is 1760. The van der Waals surface area contributed by atoms with Crippen molar-refractivity contribution < 1.29 is 43.6 Å². The van der Waals surface area contributed by atoms with Crippen LogP contribution in [0.4, 0.5) is 0 Å². The third kappa shape index (κ3) is 4.31. The van der Waals surface area contributed by atoms with Crippen LogP contribution in [-0.2, 0) is 25.5 Å². The number of hydrogen-bond acceptors (Lipinski definition) is 8. The molecule has 9 nitrogen and oxygen atoms in total. The molecule has 0 aromatic heterocycles. The number of phenolic OH excluding ortho intramolecular Hbond substituents is 1. The Morgan fingerprint density at radius 1 is 1.15 bits per heavy atom. The maximum Gasteiger partial charge on any atom is 0.330 e. The molecule has 1 aromatic rings. The fourth-order valence-corrected chi connectivity index (χ4v) is 10.1. The van der Waals surface area contributed by atoms with Gasteiger partial charge in [-0.1, -0.05) is 26.0 Å². The summed E-state index contributed by atoms with van der Waals surface area (Å²) in [6.45, 7) is 14.9. The molecule has 4 aliphatic carbocycles. The van der Waals surface area contributed by atoms with Gasteiger partial charge in [-0.05, 0) is 73.1 Å². The van der Waals surface area contributed by atoms with Gasteiger partial charge in [0.2, 0.25) is 0 Å². The maximum atomic E-state index is 15.0.